The fourth-order valence-corrected chi connectivity index (χ4v) is 3.01. The first-order valence-corrected chi connectivity index (χ1v) is 8.99. The highest BCUT2D eigenvalue weighted by Crippen LogP contribution is 2.28. The molecule has 0 amide bonds. The lowest BCUT2D eigenvalue weighted by molar-refractivity contribution is 0.279. The van der Waals surface area contributed by atoms with Crippen LogP contribution in [0.4, 0.5) is 11.4 Å². The van der Waals surface area contributed by atoms with E-state index in [0.717, 1.165) is 24.5 Å². The normalized spacial score (nSPS) is 14.6. The molecule has 5 heteroatoms. The molecule has 2 aromatic rings. The van der Waals surface area contributed by atoms with Crippen molar-refractivity contribution >= 4 is 11.4 Å². The molecule has 0 spiro atoms. The third kappa shape index (κ3) is 5.29. The standard InChI is InChI=1S/C20H27N3O2/c21-19-9-8-18(15-20(19)22)25-17-7-5-6-16(14-17)24-13-4-3-12-23-10-1-2-11-23/h5-9,14-15H,1-4,10-13,21-22H2. The zero-order valence-electron chi connectivity index (χ0n) is 14.6. The van der Waals surface area contributed by atoms with Gasteiger partial charge in [0.15, 0.2) is 0 Å². The van der Waals surface area contributed by atoms with E-state index in [-0.39, 0.29) is 0 Å². The Morgan fingerprint density at radius 3 is 2.40 bits per heavy atom. The summed E-state index contributed by atoms with van der Waals surface area (Å²) in [6.45, 7) is 4.43. The van der Waals surface area contributed by atoms with Crippen molar-refractivity contribution in [2.75, 3.05) is 37.7 Å². The van der Waals surface area contributed by atoms with Gasteiger partial charge < -0.3 is 25.8 Å². The first-order valence-electron chi connectivity index (χ1n) is 8.99. The van der Waals surface area contributed by atoms with Gasteiger partial charge in [0.2, 0.25) is 0 Å². The highest BCUT2D eigenvalue weighted by molar-refractivity contribution is 5.65. The number of hydrogen-bond donors (Lipinski definition) is 2. The molecule has 1 saturated heterocycles. The van der Waals surface area contributed by atoms with E-state index in [1.165, 1.54) is 38.9 Å². The second kappa shape index (κ2) is 8.62. The number of nitrogens with two attached hydrogens (primary N) is 2. The molecule has 1 aliphatic rings. The van der Waals surface area contributed by atoms with Crippen LogP contribution in [0.3, 0.4) is 0 Å². The third-order valence-electron chi connectivity index (χ3n) is 4.44. The molecule has 0 bridgehead atoms. The van der Waals surface area contributed by atoms with Gasteiger partial charge in [-0.15, -0.1) is 0 Å². The average Bonchev–Trinajstić information content (AvgIpc) is 3.12. The predicted molar refractivity (Wildman–Crippen MR) is 102 cm³/mol. The molecule has 2 aromatic carbocycles. The molecule has 3 rings (SSSR count). The highest BCUT2D eigenvalue weighted by Gasteiger charge is 2.10. The Labute approximate surface area is 149 Å². The van der Waals surface area contributed by atoms with Gasteiger partial charge in [-0.2, -0.15) is 0 Å². The second-order valence-electron chi connectivity index (χ2n) is 6.47. The van der Waals surface area contributed by atoms with Crippen molar-refractivity contribution in [3.05, 3.63) is 42.5 Å². The van der Waals surface area contributed by atoms with E-state index >= 15 is 0 Å². The number of unbranched alkanes of at least 4 members (excludes halogenated alkanes) is 1. The Morgan fingerprint density at radius 2 is 1.60 bits per heavy atom. The van der Waals surface area contributed by atoms with Gasteiger partial charge in [0.05, 0.1) is 18.0 Å². The number of anilines is 2. The van der Waals surface area contributed by atoms with Gasteiger partial charge in [0, 0.05) is 12.1 Å². The van der Waals surface area contributed by atoms with Crippen LogP contribution in [0, 0.1) is 0 Å². The highest BCUT2D eigenvalue weighted by atomic mass is 16.5. The number of hydrogen-bond acceptors (Lipinski definition) is 5. The number of rotatable bonds is 8. The Morgan fingerprint density at radius 1 is 0.840 bits per heavy atom. The maximum absolute atomic E-state index is 5.85. The van der Waals surface area contributed by atoms with Crippen LogP contribution >= 0.6 is 0 Å². The summed E-state index contributed by atoms with van der Waals surface area (Å²) in [5.74, 6) is 2.20. The zero-order valence-corrected chi connectivity index (χ0v) is 14.6. The molecule has 0 atom stereocenters. The quantitative estimate of drug-likeness (QED) is 0.563. The van der Waals surface area contributed by atoms with Crippen molar-refractivity contribution in [3.8, 4) is 17.2 Å². The number of nitrogen functional groups attached to an aromatic ring is 2. The van der Waals surface area contributed by atoms with Crippen molar-refractivity contribution in [3.63, 3.8) is 0 Å². The van der Waals surface area contributed by atoms with E-state index in [4.69, 9.17) is 20.9 Å². The van der Waals surface area contributed by atoms with Crippen molar-refractivity contribution in [1.29, 1.82) is 0 Å². The number of ether oxygens (including phenoxy) is 2. The first kappa shape index (κ1) is 17.4. The third-order valence-corrected chi connectivity index (χ3v) is 4.44. The summed E-state index contributed by atoms with van der Waals surface area (Å²) in [6, 6.07) is 12.9. The van der Waals surface area contributed by atoms with Crippen LogP contribution in [0.5, 0.6) is 17.2 Å². The van der Waals surface area contributed by atoms with E-state index in [2.05, 4.69) is 4.90 Å². The van der Waals surface area contributed by atoms with E-state index < -0.39 is 0 Å². The minimum Gasteiger partial charge on any atom is -0.493 e. The lowest BCUT2D eigenvalue weighted by Gasteiger charge is -2.14. The minimum atomic E-state index is 0.517. The van der Waals surface area contributed by atoms with Gasteiger partial charge >= 0.3 is 0 Å². The van der Waals surface area contributed by atoms with E-state index in [9.17, 15) is 0 Å². The predicted octanol–water partition coefficient (Wildman–Crippen LogP) is 3.90. The minimum absolute atomic E-state index is 0.517. The summed E-state index contributed by atoms with van der Waals surface area (Å²) < 4.78 is 11.7. The van der Waals surface area contributed by atoms with Crippen LogP contribution < -0.4 is 20.9 Å². The largest absolute Gasteiger partial charge is 0.493 e. The van der Waals surface area contributed by atoms with Crippen LogP contribution in [0.15, 0.2) is 42.5 Å². The fraction of sp³-hybridized carbons (Fsp3) is 0.400. The van der Waals surface area contributed by atoms with E-state index in [1.54, 1.807) is 18.2 Å². The summed E-state index contributed by atoms with van der Waals surface area (Å²) in [6.07, 6.45) is 4.95. The summed E-state index contributed by atoms with van der Waals surface area (Å²) in [5, 5.41) is 0. The number of benzene rings is 2. The van der Waals surface area contributed by atoms with Crippen molar-refractivity contribution < 1.29 is 9.47 Å². The van der Waals surface area contributed by atoms with Crippen molar-refractivity contribution in [2.24, 2.45) is 0 Å². The van der Waals surface area contributed by atoms with Crippen molar-refractivity contribution in [1.82, 2.24) is 4.90 Å². The Kier molecular flexibility index (Phi) is 6.01. The average molecular weight is 341 g/mol. The molecule has 1 aliphatic heterocycles. The Bertz CT molecular complexity index is 684. The van der Waals surface area contributed by atoms with Crippen LogP contribution in [0.1, 0.15) is 25.7 Å². The lowest BCUT2D eigenvalue weighted by Crippen LogP contribution is -2.20. The molecule has 5 nitrogen and oxygen atoms in total. The molecule has 0 aliphatic carbocycles. The zero-order chi connectivity index (χ0) is 17.5. The van der Waals surface area contributed by atoms with E-state index in [0.29, 0.717) is 17.1 Å². The molecule has 0 saturated carbocycles. The van der Waals surface area contributed by atoms with Crippen LogP contribution in [0.25, 0.3) is 0 Å². The van der Waals surface area contributed by atoms with Crippen LogP contribution in [-0.4, -0.2) is 31.1 Å². The van der Waals surface area contributed by atoms with Gasteiger partial charge in [-0.3, -0.25) is 0 Å². The second-order valence-corrected chi connectivity index (χ2v) is 6.47. The molecule has 4 N–H and O–H groups in total. The molecular weight excluding hydrogens is 314 g/mol. The molecule has 25 heavy (non-hydrogen) atoms. The lowest BCUT2D eigenvalue weighted by atomic mass is 10.2. The van der Waals surface area contributed by atoms with E-state index in [1.807, 2.05) is 24.3 Å². The Hall–Kier alpha value is -2.40. The molecule has 0 unspecified atom stereocenters. The van der Waals surface area contributed by atoms with Gasteiger partial charge in [-0.25, -0.2) is 0 Å². The topological polar surface area (TPSA) is 73.7 Å². The molecule has 0 aromatic heterocycles. The van der Waals surface area contributed by atoms with Crippen LogP contribution in [0.2, 0.25) is 0 Å². The summed E-state index contributed by atoms with van der Waals surface area (Å²) in [5.41, 5.74) is 12.6. The maximum Gasteiger partial charge on any atom is 0.131 e. The van der Waals surface area contributed by atoms with Gasteiger partial charge in [-0.05, 0) is 69.6 Å². The molecule has 134 valence electrons. The van der Waals surface area contributed by atoms with Gasteiger partial charge in [0.25, 0.3) is 0 Å². The first-order chi connectivity index (χ1) is 12.2. The number of likely N-dealkylation sites (tertiary alicyclic amines) is 1. The van der Waals surface area contributed by atoms with Crippen LogP contribution in [-0.2, 0) is 0 Å². The summed E-state index contributed by atoms with van der Waals surface area (Å²) in [7, 11) is 0. The molecular formula is C20H27N3O2. The maximum atomic E-state index is 5.85. The number of nitrogens with zero attached hydrogens (tertiary/aromatic N) is 1. The van der Waals surface area contributed by atoms with Gasteiger partial charge in [-0.1, -0.05) is 6.07 Å². The SMILES string of the molecule is Nc1ccc(Oc2cccc(OCCCCN3CCCC3)c2)cc1N. The molecule has 1 fully saturated rings. The molecule has 0 radical (unpaired) electrons. The van der Waals surface area contributed by atoms with Gasteiger partial charge in [0.1, 0.15) is 17.2 Å². The van der Waals surface area contributed by atoms with Crippen molar-refractivity contribution in [2.45, 2.75) is 25.7 Å². The summed E-state index contributed by atoms with van der Waals surface area (Å²) >= 11 is 0. The fourth-order valence-electron chi connectivity index (χ4n) is 3.01. The Balaban J connectivity index is 1.45. The monoisotopic (exact) mass is 341 g/mol. The summed E-state index contributed by atoms with van der Waals surface area (Å²) in [4.78, 5) is 2.53. The molecule has 1 heterocycles. The smallest absolute Gasteiger partial charge is 0.131 e.